The van der Waals surface area contributed by atoms with E-state index in [-0.39, 0.29) is 11.7 Å². The molecule has 0 unspecified atom stereocenters. The summed E-state index contributed by atoms with van der Waals surface area (Å²) < 4.78 is 0. The molecule has 0 spiro atoms. The lowest BCUT2D eigenvalue weighted by molar-refractivity contribution is -0.121. The molecule has 0 radical (unpaired) electrons. The van der Waals surface area contributed by atoms with E-state index >= 15 is 0 Å². The Morgan fingerprint density at radius 3 is 2.91 bits per heavy atom. The SMILES string of the molecule is CC(C)C(=O)Cc1cncs1. The van der Waals surface area contributed by atoms with E-state index in [1.807, 2.05) is 13.8 Å². The van der Waals surface area contributed by atoms with Gasteiger partial charge in [0.25, 0.3) is 0 Å². The first kappa shape index (κ1) is 8.40. The summed E-state index contributed by atoms with van der Waals surface area (Å²) >= 11 is 1.54. The van der Waals surface area contributed by atoms with Crippen molar-refractivity contribution in [1.82, 2.24) is 4.98 Å². The largest absolute Gasteiger partial charge is 0.299 e. The van der Waals surface area contributed by atoms with Crippen LogP contribution in [0.1, 0.15) is 18.7 Å². The van der Waals surface area contributed by atoms with Crippen molar-refractivity contribution < 1.29 is 4.79 Å². The maximum Gasteiger partial charge on any atom is 0.140 e. The highest BCUT2D eigenvalue weighted by atomic mass is 32.1. The Morgan fingerprint density at radius 1 is 1.73 bits per heavy atom. The molecule has 0 amide bonds. The number of thiazole rings is 1. The average molecular weight is 169 g/mol. The van der Waals surface area contributed by atoms with Gasteiger partial charge in [-0.25, -0.2) is 0 Å². The van der Waals surface area contributed by atoms with Crippen molar-refractivity contribution in [3.63, 3.8) is 0 Å². The second-order valence-electron chi connectivity index (χ2n) is 2.77. The number of carbonyl (C=O) groups is 1. The summed E-state index contributed by atoms with van der Waals surface area (Å²) in [4.78, 5) is 16.1. The van der Waals surface area contributed by atoms with Crippen LogP contribution in [0.3, 0.4) is 0 Å². The quantitative estimate of drug-likeness (QED) is 0.691. The van der Waals surface area contributed by atoms with E-state index in [4.69, 9.17) is 0 Å². The second kappa shape index (κ2) is 3.62. The van der Waals surface area contributed by atoms with E-state index in [1.54, 1.807) is 11.7 Å². The van der Waals surface area contributed by atoms with E-state index in [0.29, 0.717) is 6.42 Å². The summed E-state index contributed by atoms with van der Waals surface area (Å²) in [6.07, 6.45) is 2.30. The normalized spacial score (nSPS) is 10.5. The van der Waals surface area contributed by atoms with E-state index in [0.717, 1.165) is 4.88 Å². The first-order chi connectivity index (χ1) is 5.20. The van der Waals surface area contributed by atoms with E-state index in [2.05, 4.69) is 4.98 Å². The van der Waals surface area contributed by atoms with Gasteiger partial charge in [0, 0.05) is 23.4 Å². The van der Waals surface area contributed by atoms with Crippen LogP contribution in [0.5, 0.6) is 0 Å². The van der Waals surface area contributed by atoms with Crippen molar-refractivity contribution in [2.24, 2.45) is 5.92 Å². The van der Waals surface area contributed by atoms with Gasteiger partial charge in [0.2, 0.25) is 0 Å². The topological polar surface area (TPSA) is 30.0 Å². The summed E-state index contributed by atoms with van der Waals surface area (Å²) in [5, 5.41) is 0. The number of Topliss-reactive ketones (excluding diaryl/α,β-unsaturated/α-hetero) is 1. The minimum absolute atomic E-state index is 0.136. The predicted molar refractivity (Wildman–Crippen MR) is 45.7 cm³/mol. The van der Waals surface area contributed by atoms with Crippen LogP contribution in [0.2, 0.25) is 0 Å². The average Bonchev–Trinajstić information content (AvgIpc) is 2.39. The zero-order chi connectivity index (χ0) is 8.27. The van der Waals surface area contributed by atoms with Crippen LogP contribution in [0.15, 0.2) is 11.7 Å². The van der Waals surface area contributed by atoms with Crippen LogP contribution in [0.25, 0.3) is 0 Å². The zero-order valence-corrected chi connectivity index (χ0v) is 7.52. The van der Waals surface area contributed by atoms with Gasteiger partial charge in [-0.3, -0.25) is 9.78 Å². The van der Waals surface area contributed by atoms with Crippen LogP contribution >= 0.6 is 11.3 Å². The van der Waals surface area contributed by atoms with Crippen LogP contribution in [0, 0.1) is 5.92 Å². The van der Waals surface area contributed by atoms with Gasteiger partial charge in [-0.2, -0.15) is 0 Å². The molecule has 0 aromatic carbocycles. The lowest BCUT2D eigenvalue weighted by atomic mass is 10.1. The molecule has 1 aromatic heterocycles. The molecule has 60 valence electrons. The van der Waals surface area contributed by atoms with Gasteiger partial charge < -0.3 is 0 Å². The Balaban J connectivity index is 2.50. The summed E-state index contributed by atoms with van der Waals surface area (Å²) in [5.74, 6) is 0.423. The summed E-state index contributed by atoms with van der Waals surface area (Å²) in [6, 6.07) is 0. The summed E-state index contributed by atoms with van der Waals surface area (Å²) in [5.41, 5.74) is 1.75. The van der Waals surface area contributed by atoms with E-state index in [9.17, 15) is 4.79 Å². The van der Waals surface area contributed by atoms with E-state index in [1.165, 1.54) is 11.3 Å². The third-order valence-corrected chi connectivity index (χ3v) is 2.26. The number of carbonyl (C=O) groups excluding carboxylic acids is 1. The molecule has 0 bridgehead atoms. The van der Waals surface area contributed by atoms with Crippen molar-refractivity contribution in [2.75, 3.05) is 0 Å². The number of hydrogen-bond donors (Lipinski definition) is 0. The first-order valence-electron chi connectivity index (χ1n) is 3.60. The molecule has 0 N–H and O–H groups in total. The van der Waals surface area contributed by atoms with Crippen molar-refractivity contribution in [1.29, 1.82) is 0 Å². The number of nitrogens with zero attached hydrogens (tertiary/aromatic N) is 1. The monoisotopic (exact) mass is 169 g/mol. The predicted octanol–water partition coefficient (Wildman–Crippen LogP) is 1.91. The minimum Gasteiger partial charge on any atom is -0.299 e. The third kappa shape index (κ3) is 2.42. The standard InChI is InChI=1S/C8H11NOS/c1-6(2)8(10)3-7-4-9-5-11-7/h4-6H,3H2,1-2H3. The van der Waals surface area contributed by atoms with E-state index < -0.39 is 0 Å². The number of hydrogen-bond acceptors (Lipinski definition) is 3. The van der Waals surface area contributed by atoms with Gasteiger partial charge in [-0.05, 0) is 0 Å². The molecule has 0 saturated heterocycles. The molecular formula is C8H11NOS. The van der Waals surface area contributed by atoms with Crippen molar-refractivity contribution in [3.05, 3.63) is 16.6 Å². The van der Waals surface area contributed by atoms with Crippen molar-refractivity contribution >= 4 is 17.1 Å². The molecular weight excluding hydrogens is 158 g/mol. The van der Waals surface area contributed by atoms with Gasteiger partial charge in [0.1, 0.15) is 5.78 Å². The molecule has 0 aliphatic rings. The lowest BCUT2D eigenvalue weighted by Crippen LogP contribution is -2.08. The van der Waals surface area contributed by atoms with Crippen LogP contribution < -0.4 is 0 Å². The Bertz CT molecular complexity index is 228. The maximum absolute atomic E-state index is 11.2. The zero-order valence-electron chi connectivity index (χ0n) is 6.70. The molecule has 2 nitrogen and oxygen atoms in total. The fraction of sp³-hybridized carbons (Fsp3) is 0.500. The minimum atomic E-state index is 0.136. The molecule has 0 aliphatic carbocycles. The van der Waals surface area contributed by atoms with Gasteiger partial charge in [-0.15, -0.1) is 11.3 Å². The van der Waals surface area contributed by atoms with Crippen molar-refractivity contribution in [2.45, 2.75) is 20.3 Å². The molecule has 1 aromatic rings. The Kier molecular flexibility index (Phi) is 2.76. The smallest absolute Gasteiger partial charge is 0.140 e. The molecule has 0 aliphatic heterocycles. The van der Waals surface area contributed by atoms with Gasteiger partial charge >= 0.3 is 0 Å². The molecule has 1 heterocycles. The highest BCUT2D eigenvalue weighted by molar-refractivity contribution is 7.09. The van der Waals surface area contributed by atoms with Crippen molar-refractivity contribution in [3.8, 4) is 0 Å². The van der Waals surface area contributed by atoms with Gasteiger partial charge in [0.05, 0.1) is 5.51 Å². The van der Waals surface area contributed by atoms with Crippen LogP contribution in [-0.4, -0.2) is 10.8 Å². The van der Waals surface area contributed by atoms with Gasteiger partial charge in [0.15, 0.2) is 0 Å². The second-order valence-corrected chi connectivity index (χ2v) is 3.74. The summed E-state index contributed by atoms with van der Waals surface area (Å²) in [6.45, 7) is 3.84. The maximum atomic E-state index is 11.2. The molecule has 0 saturated carbocycles. The number of aromatic nitrogens is 1. The Labute approximate surface area is 70.3 Å². The first-order valence-corrected chi connectivity index (χ1v) is 4.48. The van der Waals surface area contributed by atoms with Gasteiger partial charge in [-0.1, -0.05) is 13.8 Å². The summed E-state index contributed by atoms with van der Waals surface area (Å²) in [7, 11) is 0. The third-order valence-electron chi connectivity index (χ3n) is 1.48. The Hall–Kier alpha value is -0.700. The molecule has 3 heteroatoms. The molecule has 11 heavy (non-hydrogen) atoms. The number of rotatable bonds is 3. The number of ketones is 1. The molecule has 0 atom stereocenters. The fourth-order valence-corrected chi connectivity index (χ4v) is 1.31. The molecule has 1 rings (SSSR count). The highest BCUT2D eigenvalue weighted by Crippen LogP contribution is 2.09. The Morgan fingerprint density at radius 2 is 2.45 bits per heavy atom. The fourth-order valence-electron chi connectivity index (χ4n) is 0.705. The van der Waals surface area contributed by atoms with Crippen LogP contribution in [0.4, 0.5) is 0 Å². The molecule has 0 fully saturated rings. The highest BCUT2D eigenvalue weighted by Gasteiger charge is 2.08. The van der Waals surface area contributed by atoms with Crippen LogP contribution in [-0.2, 0) is 11.2 Å². The lowest BCUT2D eigenvalue weighted by Gasteiger charge is -1.99.